The second-order valence-corrected chi connectivity index (χ2v) is 6.25. The standard InChI is InChI=1S/C18H18N2O2S/c1-3-11-20-17(21)16(12-15-10-9-13(2)22-15)23-18(20)19-14-7-5-4-6-8-14/h4-10,12H,3,11H2,1-2H3/b16-12+,19-18?. The van der Waals surface area contributed by atoms with Gasteiger partial charge in [0.15, 0.2) is 5.17 Å². The van der Waals surface area contributed by atoms with Crippen LogP contribution in [0.5, 0.6) is 0 Å². The van der Waals surface area contributed by atoms with Crippen molar-refractivity contribution in [3.05, 3.63) is 58.9 Å². The molecule has 1 saturated heterocycles. The molecule has 2 heterocycles. The van der Waals surface area contributed by atoms with E-state index in [-0.39, 0.29) is 5.91 Å². The van der Waals surface area contributed by atoms with Gasteiger partial charge in [-0.3, -0.25) is 9.69 Å². The first-order valence-corrected chi connectivity index (χ1v) is 8.40. The maximum atomic E-state index is 12.6. The number of nitrogens with zero attached hydrogens (tertiary/aromatic N) is 2. The van der Waals surface area contributed by atoms with Crippen LogP contribution in [0.2, 0.25) is 0 Å². The first kappa shape index (κ1) is 15.6. The Bertz CT molecular complexity index is 762. The maximum Gasteiger partial charge on any atom is 0.266 e. The number of furan rings is 1. The number of thioether (sulfide) groups is 1. The number of aliphatic imine (C=N–C) groups is 1. The van der Waals surface area contributed by atoms with Crippen LogP contribution >= 0.6 is 11.8 Å². The van der Waals surface area contributed by atoms with Gasteiger partial charge in [-0.2, -0.15) is 0 Å². The zero-order valence-corrected chi connectivity index (χ0v) is 14.0. The van der Waals surface area contributed by atoms with Crippen LogP contribution in [-0.4, -0.2) is 22.5 Å². The molecule has 3 rings (SSSR count). The van der Waals surface area contributed by atoms with E-state index >= 15 is 0 Å². The van der Waals surface area contributed by atoms with Crippen LogP contribution in [0.25, 0.3) is 6.08 Å². The minimum absolute atomic E-state index is 0.0133. The van der Waals surface area contributed by atoms with Gasteiger partial charge in [0.1, 0.15) is 11.5 Å². The fraction of sp³-hybridized carbons (Fsp3) is 0.222. The minimum Gasteiger partial charge on any atom is -0.462 e. The van der Waals surface area contributed by atoms with E-state index in [0.29, 0.717) is 17.2 Å². The van der Waals surface area contributed by atoms with Crippen LogP contribution in [0.4, 0.5) is 5.69 Å². The Hall–Kier alpha value is -2.27. The Balaban J connectivity index is 1.92. The first-order valence-electron chi connectivity index (χ1n) is 7.59. The third-order valence-corrected chi connectivity index (χ3v) is 4.36. The first-order chi connectivity index (χ1) is 11.2. The van der Waals surface area contributed by atoms with Gasteiger partial charge >= 0.3 is 0 Å². The molecule has 5 heteroatoms. The highest BCUT2D eigenvalue weighted by molar-refractivity contribution is 8.18. The number of carbonyl (C=O) groups is 1. The third-order valence-electron chi connectivity index (χ3n) is 3.35. The maximum absolute atomic E-state index is 12.6. The molecule has 1 aromatic heterocycles. The van der Waals surface area contributed by atoms with Gasteiger partial charge in [-0.1, -0.05) is 25.1 Å². The van der Waals surface area contributed by atoms with Crippen LogP contribution in [0, 0.1) is 6.92 Å². The van der Waals surface area contributed by atoms with Crippen molar-refractivity contribution in [2.75, 3.05) is 6.54 Å². The van der Waals surface area contributed by atoms with E-state index in [4.69, 9.17) is 4.42 Å². The number of amidine groups is 1. The lowest BCUT2D eigenvalue weighted by Crippen LogP contribution is -2.29. The Labute approximate surface area is 139 Å². The molecule has 0 bridgehead atoms. The molecule has 1 aromatic carbocycles. The van der Waals surface area contributed by atoms with E-state index in [1.165, 1.54) is 11.8 Å². The Morgan fingerprint density at radius 1 is 1.22 bits per heavy atom. The molecule has 118 valence electrons. The normalized spacial score (nSPS) is 18.3. The average molecular weight is 326 g/mol. The Morgan fingerprint density at radius 2 is 2.00 bits per heavy atom. The Morgan fingerprint density at radius 3 is 2.65 bits per heavy atom. The molecule has 0 unspecified atom stereocenters. The highest BCUT2D eigenvalue weighted by Gasteiger charge is 2.33. The predicted octanol–water partition coefficient (Wildman–Crippen LogP) is 4.60. The quantitative estimate of drug-likeness (QED) is 0.771. The van der Waals surface area contributed by atoms with Gasteiger partial charge in [-0.25, -0.2) is 4.99 Å². The lowest BCUT2D eigenvalue weighted by Gasteiger charge is -2.13. The fourth-order valence-corrected chi connectivity index (χ4v) is 3.29. The van der Waals surface area contributed by atoms with Gasteiger partial charge in [0.25, 0.3) is 5.91 Å². The predicted molar refractivity (Wildman–Crippen MR) is 94.6 cm³/mol. The summed E-state index contributed by atoms with van der Waals surface area (Å²) in [6.07, 6.45) is 2.67. The largest absolute Gasteiger partial charge is 0.462 e. The number of hydrogen-bond donors (Lipinski definition) is 0. The molecule has 1 aliphatic heterocycles. The molecule has 0 saturated carbocycles. The fourth-order valence-electron chi connectivity index (χ4n) is 2.29. The molecule has 0 spiro atoms. The smallest absolute Gasteiger partial charge is 0.266 e. The second-order valence-electron chi connectivity index (χ2n) is 5.25. The summed E-state index contributed by atoms with van der Waals surface area (Å²) in [5, 5.41) is 0.720. The van der Waals surface area contributed by atoms with E-state index in [1.807, 2.05) is 49.4 Å². The molecule has 2 aromatic rings. The van der Waals surface area contributed by atoms with Gasteiger partial charge in [-0.15, -0.1) is 0 Å². The molecule has 0 aliphatic carbocycles. The van der Waals surface area contributed by atoms with Crippen LogP contribution in [0.3, 0.4) is 0 Å². The zero-order chi connectivity index (χ0) is 16.2. The molecule has 0 radical (unpaired) electrons. The van der Waals surface area contributed by atoms with Gasteiger partial charge in [0.2, 0.25) is 0 Å². The topological polar surface area (TPSA) is 45.8 Å². The molecule has 1 fully saturated rings. The molecule has 0 atom stereocenters. The molecule has 1 amide bonds. The highest BCUT2D eigenvalue weighted by Crippen LogP contribution is 2.34. The van der Waals surface area contributed by atoms with E-state index in [1.54, 1.807) is 11.0 Å². The summed E-state index contributed by atoms with van der Waals surface area (Å²) in [4.78, 5) is 19.6. The molecular weight excluding hydrogens is 308 g/mol. The lowest BCUT2D eigenvalue weighted by atomic mass is 10.3. The SMILES string of the molecule is CCCN1C(=O)/C(=C\c2ccc(C)o2)SC1=Nc1ccccc1. The number of rotatable bonds is 4. The summed E-state index contributed by atoms with van der Waals surface area (Å²) in [6, 6.07) is 13.4. The van der Waals surface area contributed by atoms with E-state index in [2.05, 4.69) is 11.9 Å². The minimum atomic E-state index is -0.0133. The van der Waals surface area contributed by atoms with Crippen molar-refractivity contribution in [3.63, 3.8) is 0 Å². The van der Waals surface area contributed by atoms with Crippen molar-refractivity contribution in [1.82, 2.24) is 4.90 Å². The molecule has 4 nitrogen and oxygen atoms in total. The van der Waals surface area contributed by atoms with Gasteiger partial charge in [-0.05, 0) is 49.4 Å². The van der Waals surface area contributed by atoms with Gasteiger partial charge in [0.05, 0.1) is 10.6 Å². The van der Waals surface area contributed by atoms with Crippen molar-refractivity contribution in [3.8, 4) is 0 Å². The van der Waals surface area contributed by atoms with E-state index < -0.39 is 0 Å². The van der Waals surface area contributed by atoms with Crippen molar-refractivity contribution >= 4 is 34.6 Å². The summed E-state index contributed by atoms with van der Waals surface area (Å²) in [6.45, 7) is 4.60. The summed E-state index contributed by atoms with van der Waals surface area (Å²) < 4.78 is 5.54. The van der Waals surface area contributed by atoms with Crippen molar-refractivity contribution in [1.29, 1.82) is 0 Å². The van der Waals surface area contributed by atoms with Gasteiger partial charge < -0.3 is 4.42 Å². The molecule has 0 N–H and O–H groups in total. The molecule has 1 aliphatic rings. The molecule has 23 heavy (non-hydrogen) atoms. The third kappa shape index (κ3) is 3.56. The van der Waals surface area contributed by atoms with Crippen LogP contribution < -0.4 is 0 Å². The second kappa shape index (κ2) is 6.87. The number of benzene rings is 1. The highest BCUT2D eigenvalue weighted by atomic mass is 32.2. The number of hydrogen-bond acceptors (Lipinski definition) is 4. The Kier molecular flexibility index (Phi) is 4.67. The van der Waals surface area contributed by atoms with Crippen LogP contribution in [0.1, 0.15) is 24.9 Å². The average Bonchev–Trinajstić information content (AvgIpc) is 3.08. The van der Waals surface area contributed by atoms with Gasteiger partial charge in [0, 0.05) is 12.6 Å². The van der Waals surface area contributed by atoms with Crippen molar-refractivity contribution in [2.24, 2.45) is 4.99 Å². The zero-order valence-electron chi connectivity index (χ0n) is 13.2. The number of aryl methyl sites for hydroxylation is 1. The summed E-state index contributed by atoms with van der Waals surface area (Å²) in [5.74, 6) is 1.51. The monoisotopic (exact) mass is 326 g/mol. The summed E-state index contributed by atoms with van der Waals surface area (Å²) in [7, 11) is 0. The summed E-state index contributed by atoms with van der Waals surface area (Å²) >= 11 is 1.39. The number of amides is 1. The number of carbonyl (C=O) groups excluding carboxylic acids is 1. The lowest BCUT2D eigenvalue weighted by molar-refractivity contribution is -0.122. The van der Waals surface area contributed by atoms with E-state index in [9.17, 15) is 4.79 Å². The van der Waals surface area contributed by atoms with Crippen molar-refractivity contribution < 1.29 is 9.21 Å². The summed E-state index contributed by atoms with van der Waals surface area (Å²) in [5.41, 5.74) is 0.846. The van der Waals surface area contributed by atoms with E-state index in [0.717, 1.165) is 23.0 Å². The number of para-hydroxylation sites is 1. The molecular formula is C18H18N2O2S. The van der Waals surface area contributed by atoms with Crippen LogP contribution in [0.15, 0.2) is 56.8 Å². The van der Waals surface area contributed by atoms with Crippen molar-refractivity contribution in [2.45, 2.75) is 20.3 Å². The van der Waals surface area contributed by atoms with Crippen LogP contribution in [-0.2, 0) is 4.79 Å².